The minimum atomic E-state index is 0.603. The Labute approximate surface area is 82.4 Å². The summed E-state index contributed by atoms with van der Waals surface area (Å²) in [6.45, 7) is 6.62. The smallest absolute Gasteiger partial charge is 0.0814 e. The van der Waals surface area contributed by atoms with Crippen molar-refractivity contribution in [2.45, 2.75) is 26.7 Å². The van der Waals surface area contributed by atoms with Crippen LogP contribution in [0.25, 0.3) is 10.2 Å². The van der Waals surface area contributed by atoms with Gasteiger partial charge in [0, 0.05) is 0 Å². The highest BCUT2D eigenvalue weighted by atomic mass is 32.1. The first-order chi connectivity index (χ1) is 6.18. The molecule has 13 heavy (non-hydrogen) atoms. The minimum absolute atomic E-state index is 0.603. The molecule has 0 bridgehead atoms. The van der Waals surface area contributed by atoms with Crippen LogP contribution in [0.5, 0.6) is 0 Å². The quantitative estimate of drug-likeness (QED) is 0.669. The summed E-state index contributed by atoms with van der Waals surface area (Å²) in [7, 11) is 0. The fourth-order valence-electron chi connectivity index (χ4n) is 1.65. The van der Waals surface area contributed by atoms with Gasteiger partial charge in [-0.1, -0.05) is 13.8 Å². The van der Waals surface area contributed by atoms with Gasteiger partial charge in [0.2, 0.25) is 0 Å². The van der Waals surface area contributed by atoms with E-state index in [9.17, 15) is 0 Å². The molecule has 1 aromatic heterocycles. The van der Waals surface area contributed by atoms with Gasteiger partial charge in [-0.3, -0.25) is 0 Å². The van der Waals surface area contributed by atoms with Gasteiger partial charge in [0.15, 0.2) is 0 Å². The molecular weight excluding hydrogens is 178 g/mol. The molecule has 1 nitrogen and oxygen atoms in total. The van der Waals surface area contributed by atoms with E-state index in [0.717, 1.165) is 5.52 Å². The van der Waals surface area contributed by atoms with Gasteiger partial charge in [0.25, 0.3) is 0 Å². The normalized spacial score (nSPS) is 11.4. The Morgan fingerprint density at radius 1 is 1.31 bits per heavy atom. The van der Waals surface area contributed by atoms with Crippen molar-refractivity contribution in [3.63, 3.8) is 0 Å². The van der Waals surface area contributed by atoms with Gasteiger partial charge >= 0.3 is 0 Å². The van der Waals surface area contributed by atoms with E-state index in [2.05, 4.69) is 37.9 Å². The molecule has 2 heteroatoms. The van der Waals surface area contributed by atoms with Crippen molar-refractivity contribution in [3.05, 3.63) is 28.8 Å². The fourth-order valence-corrected chi connectivity index (χ4v) is 2.35. The molecular formula is C11H13NS. The molecule has 0 aliphatic carbocycles. The van der Waals surface area contributed by atoms with E-state index in [1.54, 1.807) is 11.3 Å². The van der Waals surface area contributed by atoms with E-state index in [-0.39, 0.29) is 0 Å². The molecule has 0 amide bonds. The predicted molar refractivity (Wildman–Crippen MR) is 58.4 cm³/mol. The summed E-state index contributed by atoms with van der Waals surface area (Å²) in [6.07, 6.45) is 0. The molecule has 68 valence electrons. The van der Waals surface area contributed by atoms with Crippen molar-refractivity contribution in [2.75, 3.05) is 0 Å². The summed E-state index contributed by atoms with van der Waals surface area (Å²) >= 11 is 1.72. The maximum absolute atomic E-state index is 4.30. The molecule has 0 fully saturated rings. The Bertz CT molecular complexity index is 429. The number of rotatable bonds is 1. The van der Waals surface area contributed by atoms with E-state index in [4.69, 9.17) is 0 Å². The van der Waals surface area contributed by atoms with Crippen LogP contribution in [-0.4, -0.2) is 4.98 Å². The second-order valence-corrected chi connectivity index (χ2v) is 4.57. The third-order valence-corrected chi connectivity index (χ3v) is 3.13. The molecule has 0 aliphatic rings. The van der Waals surface area contributed by atoms with Crippen molar-refractivity contribution in [2.24, 2.45) is 0 Å². The van der Waals surface area contributed by atoms with Crippen LogP contribution in [0.2, 0.25) is 0 Å². The lowest BCUT2D eigenvalue weighted by molar-refractivity contribution is 0.859. The fraction of sp³-hybridized carbons (Fsp3) is 0.364. The first-order valence-electron chi connectivity index (χ1n) is 4.52. The van der Waals surface area contributed by atoms with Gasteiger partial charge in [0.05, 0.1) is 15.7 Å². The van der Waals surface area contributed by atoms with E-state index in [1.165, 1.54) is 15.8 Å². The zero-order valence-corrected chi connectivity index (χ0v) is 8.98. The summed E-state index contributed by atoms with van der Waals surface area (Å²) in [4.78, 5) is 4.30. The van der Waals surface area contributed by atoms with E-state index < -0.39 is 0 Å². The van der Waals surface area contributed by atoms with Gasteiger partial charge in [-0.2, -0.15) is 0 Å². The average Bonchev–Trinajstić information content (AvgIpc) is 2.48. The van der Waals surface area contributed by atoms with Gasteiger partial charge in [-0.05, 0) is 36.1 Å². The lowest BCUT2D eigenvalue weighted by atomic mass is 9.98. The number of aryl methyl sites for hydroxylation is 1. The highest BCUT2D eigenvalue weighted by Crippen LogP contribution is 2.26. The van der Waals surface area contributed by atoms with Crippen molar-refractivity contribution in [1.29, 1.82) is 0 Å². The Morgan fingerprint density at radius 3 is 2.77 bits per heavy atom. The Kier molecular flexibility index (Phi) is 2.08. The average molecular weight is 191 g/mol. The van der Waals surface area contributed by atoms with Crippen LogP contribution in [0.1, 0.15) is 30.9 Å². The monoisotopic (exact) mass is 191 g/mol. The number of thiazole rings is 1. The molecule has 0 radical (unpaired) electrons. The van der Waals surface area contributed by atoms with E-state index in [1.807, 2.05) is 5.51 Å². The van der Waals surface area contributed by atoms with Crippen LogP contribution in [0.4, 0.5) is 0 Å². The molecule has 0 spiro atoms. The van der Waals surface area contributed by atoms with Crippen molar-refractivity contribution in [3.8, 4) is 0 Å². The third-order valence-electron chi connectivity index (χ3n) is 2.34. The van der Waals surface area contributed by atoms with Crippen LogP contribution < -0.4 is 0 Å². The lowest BCUT2D eigenvalue weighted by Crippen LogP contribution is -1.90. The summed E-state index contributed by atoms with van der Waals surface area (Å²) in [5, 5.41) is 0. The maximum Gasteiger partial charge on any atom is 0.0814 e. The first kappa shape index (κ1) is 8.70. The van der Waals surface area contributed by atoms with Crippen LogP contribution >= 0.6 is 11.3 Å². The lowest BCUT2D eigenvalue weighted by Gasteiger charge is -2.08. The number of hydrogen-bond donors (Lipinski definition) is 0. The Balaban J connectivity index is 2.69. The maximum atomic E-state index is 4.30. The van der Waals surface area contributed by atoms with E-state index in [0.29, 0.717) is 5.92 Å². The van der Waals surface area contributed by atoms with E-state index >= 15 is 0 Å². The van der Waals surface area contributed by atoms with Gasteiger partial charge in [-0.25, -0.2) is 4.98 Å². The van der Waals surface area contributed by atoms with Crippen LogP contribution in [-0.2, 0) is 0 Å². The number of hydrogen-bond acceptors (Lipinski definition) is 2. The highest BCUT2D eigenvalue weighted by molar-refractivity contribution is 7.16. The van der Waals surface area contributed by atoms with Crippen molar-refractivity contribution in [1.82, 2.24) is 4.98 Å². The molecule has 0 unspecified atom stereocenters. The molecule has 2 aromatic rings. The highest BCUT2D eigenvalue weighted by Gasteiger charge is 2.06. The number of benzene rings is 1. The summed E-state index contributed by atoms with van der Waals surface area (Å²) in [6, 6.07) is 4.45. The molecule has 0 atom stereocenters. The second-order valence-electron chi connectivity index (χ2n) is 3.68. The molecule has 0 aliphatic heterocycles. The summed E-state index contributed by atoms with van der Waals surface area (Å²) in [5.41, 5.74) is 5.84. The molecule has 1 aromatic carbocycles. The topological polar surface area (TPSA) is 12.9 Å². The summed E-state index contributed by atoms with van der Waals surface area (Å²) < 4.78 is 1.30. The third kappa shape index (κ3) is 1.46. The first-order valence-corrected chi connectivity index (χ1v) is 5.40. The molecule has 2 rings (SSSR count). The zero-order valence-electron chi connectivity index (χ0n) is 8.16. The molecule has 0 saturated carbocycles. The Morgan fingerprint density at radius 2 is 2.08 bits per heavy atom. The standard InChI is InChI=1S/C11H13NS/c1-7(2)9-5-11-10(4-8(9)3)12-6-13-11/h4-7H,1-3H3. The molecule has 0 N–H and O–H groups in total. The van der Waals surface area contributed by atoms with Gasteiger partial charge in [0.1, 0.15) is 0 Å². The zero-order chi connectivity index (χ0) is 9.42. The summed E-state index contributed by atoms with van der Waals surface area (Å²) in [5.74, 6) is 0.603. The van der Waals surface area contributed by atoms with Crippen molar-refractivity contribution >= 4 is 21.6 Å². The SMILES string of the molecule is Cc1cc2ncsc2cc1C(C)C. The number of fused-ring (bicyclic) bond motifs is 1. The van der Waals surface area contributed by atoms with Crippen LogP contribution in [0.15, 0.2) is 17.6 Å². The molecule has 0 saturated heterocycles. The minimum Gasteiger partial charge on any atom is -0.245 e. The Hall–Kier alpha value is -0.890. The van der Waals surface area contributed by atoms with Gasteiger partial charge < -0.3 is 0 Å². The second kappa shape index (κ2) is 3.11. The largest absolute Gasteiger partial charge is 0.245 e. The molecule has 1 heterocycles. The van der Waals surface area contributed by atoms with Gasteiger partial charge in [-0.15, -0.1) is 11.3 Å². The number of nitrogens with zero attached hydrogens (tertiary/aromatic N) is 1. The number of aromatic nitrogens is 1. The van der Waals surface area contributed by atoms with Crippen molar-refractivity contribution < 1.29 is 0 Å². The predicted octanol–water partition coefficient (Wildman–Crippen LogP) is 3.73. The van der Waals surface area contributed by atoms with Crippen LogP contribution in [0.3, 0.4) is 0 Å². The van der Waals surface area contributed by atoms with Crippen LogP contribution in [0, 0.1) is 6.92 Å².